The summed E-state index contributed by atoms with van der Waals surface area (Å²) in [6, 6.07) is 21.0. The summed E-state index contributed by atoms with van der Waals surface area (Å²) >= 11 is 0. The van der Waals surface area contributed by atoms with Gasteiger partial charge < -0.3 is 24.3 Å². The molecule has 0 heterocycles. The van der Waals surface area contributed by atoms with E-state index < -0.39 is 32.6 Å². The average Bonchev–Trinajstić information content (AvgIpc) is 3.05. The summed E-state index contributed by atoms with van der Waals surface area (Å²) in [4.78, 5) is 24.4. The van der Waals surface area contributed by atoms with Gasteiger partial charge in [0.25, 0.3) is 5.91 Å². The van der Waals surface area contributed by atoms with Gasteiger partial charge in [0.05, 0.1) is 39.2 Å². The molecule has 236 valence electrons. The van der Waals surface area contributed by atoms with Crippen LogP contribution >= 0.6 is 0 Å². The molecule has 0 aromatic heterocycles. The molecule has 0 bridgehead atoms. The van der Waals surface area contributed by atoms with Crippen LogP contribution in [0.1, 0.15) is 38.8 Å². The van der Waals surface area contributed by atoms with Crippen LogP contribution in [0.3, 0.4) is 0 Å². The number of hydrogen-bond acceptors (Lipinski definition) is 8. The minimum atomic E-state index is -4.55. The fourth-order valence-corrected chi connectivity index (χ4v) is 6.01. The van der Waals surface area contributed by atoms with E-state index in [1.165, 1.54) is 39.5 Å². The number of sulfonamides is 1. The molecule has 0 saturated carbocycles. The Morgan fingerprint density at radius 1 is 0.778 bits per heavy atom. The summed E-state index contributed by atoms with van der Waals surface area (Å²) in [6.07, 6.45) is 0. The van der Waals surface area contributed by atoms with Gasteiger partial charge in [-0.2, -0.15) is 4.31 Å². The molecular weight excluding hydrogens is 603 g/mol. The molecular formula is C33H33FN2O8S. The maximum absolute atomic E-state index is 15.3. The molecule has 4 aromatic rings. The van der Waals surface area contributed by atoms with Crippen molar-refractivity contribution in [3.63, 3.8) is 0 Å². The molecule has 1 N–H and O–H groups in total. The van der Waals surface area contributed by atoms with Crippen molar-refractivity contribution in [3.05, 3.63) is 113 Å². The first kappa shape index (κ1) is 33.0. The first-order chi connectivity index (χ1) is 21.6. The highest BCUT2D eigenvalue weighted by Crippen LogP contribution is 2.31. The minimum Gasteiger partial charge on any atom is -0.493 e. The number of anilines is 1. The van der Waals surface area contributed by atoms with Gasteiger partial charge in [-0.15, -0.1) is 0 Å². The molecule has 0 unspecified atom stereocenters. The Morgan fingerprint density at radius 2 is 1.42 bits per heavy atom. The maximum atomic E-state index is 15.3. The third-order valence-electron chi connectivity index (χ3n) is 6.79. The number of carbonyl (C=O) groups excluding carboxylic acids is 2. The van der Waals surface area contributed by atoms with Crippen LogP contribution in [-0.2, 0) is 27.8 Å². The molecule has 45 heavy (non-hydrogen) atoms. The standard InChI is InChI=1S/C33H33FN2O8S/c1-5-44-28-9-7-6-8-27(28)35-32(37)25-15-16-26(34)31(19-25)45(39,40)36(20-22-10-13-24(14-11-22)33(38)43-4)21-23-12-17-29(41-2)30(18-23)42-3/h6-19H,5,20-21H2,1-4H3,(H,35,37). The zero-order valence-corrected chi connectivity index (χ0v) is 26.0. The van der Waals surface area contributed by atoms with Crippen LogP contribution in [0.5, 0.6) is 17.2 Å². The van der Waals surface area contributed by atoms with Gasteiger partial charge in [-0.3, -0.25) is 4.79 Å². The summed E-state index contributed by atoms with van der Waals surface area (Å²) in [5.74, 6) is -0.959. The van der Waals surface area contributed by atoms with E-state index in [-0.39, 0.29) is 24.2 Å². The van der Waals surface area contributed by atoms with Crippen LogP contribution in [0.15, 0.2) is 89.8 Å². The average molecular weight is 637 g/mol. The highest BCUT2D eigenvalue weighted by molar-refractivity contribution is 7.89. The molecule has 1 amide bonds. The first-order valence-corrected chi connectivity index (χ1v) is 15.3. The summed E-state index contributed by atoms with van der Waals surface area (Å²) in [5, 5.41) is 2.70. The SMILES string of the molecule is CCOc1ccccc1NC(=O)c1ccc(F)c(S(=O)(=O)N(Cc2ccc(C(=O)OC)cc2)Cc2ccc(OC)c(OC)c2)c1. The Labute approximate surface area is 261 Å². The molecule has 0 atom stereocenters. The van der Waals surface area contributed by atoms with Crippen LogP contribution in [0.25, 0.3) is 0 Å². The van der Waals surface area contributed by atoms with Crippen LogP contribution in [0.4, 0.5) is 10.1 Å². The van der Waals surface area contributed by atoms with Crippen molar-refractivity contribution in [3.8, 4) is 17.2 Å². The molecule has 0 fully saturated rings. The number of nitrogens with zero attached hydrogens (tertiary/aromatic N) is 1. The van der Waals surface area contributed by atoms with Crippen molar-refractivity contribution in [2.75, 3.05) is 33.3 Å². The third kappa shape index (κ3) is 7.78. The van der Waals surface area contributed by atoms with Crippen molar-refractivity contribution in [1.82, 2.24) is 4.31 Å². The fraction of sp³-hybridized carbons (Fsp3) is 0.212. The van der Waals surface area contributed by atoms with Gasteiger partial charge in [-0.25, -0.2) is 17.6 Å². The number of ether oxygens (including phenoxy) is 4. The Balaban J connectivity index is 1.72. The Bertz CT molecular complexity index is 1780. The van der Waals surface area contributed by atoms with Crippen LogP contribution in [-0.4, -0.2) is 52.5 Å². The van der Waals surface area contributed by atoms with Crippen molar-refractivity contribution < 1.29 is 41.3 Å². The molecule has 0 aliphatic rings. The largest absolute Gasteiger partial charge is 0.493 e. The number of methoxy groups -OCH3 is 3. The Hall–Kier alpha value is -4.94. The molecule has 0 radical (unpaired) electrons. The van der Waals surface area contributed by atoms with E-state index >= 15 is 4.39 Å². The lowest BCUT2D eigenvalue weighted by atomic mass is 10.1. The highest BCUT2D eigenvalue weighted by atomic mass is 32.2. The quantitative estimate of drug-likeness (QED) is 0.187. The second kappa shape index (κ2) is 14.7. The van der Waals surface area contributed by atoms with Gasteiger partial charge in [-0.1, -0.05) is 30.3 Å². The predicted molar refractivity (Wildman–Crippen MR) is 166 cm³/mol. The number of esters is 1. The summed E-state index contributed by atoms with van der Waals surface area (Å²) in [5.41, 5.74) is 1.64. The van der Waals surface area contributed by atoms with E-state index in [1.807, 2.05) is 0 Å². The second-order valence-electron chi connectivity index (χ2n) is 9.68. The molecule has 0 spiro atoms. The van der Waals surface area contributed by atoms with Gasteiger partial charge in [0.1, 0.15) is 16.5 Å². The van der Waals surface area contributed by atoms with E-state index in [2.05, 4.69) is 5.32 Å². The number of halogens is 1. The summed E-state index contributed by atoms with van der Waals surface area (Å²) < 4.78 is 65.6. The van der Waals surface area contributed by atoms with Gasteiger partial charge in [-0.05, 0) is 72.6 Å². The van der Waals surface area contributed by atoms with Crippen LogP contribution in [0, 0.1) is 5.82 Å². The number of carbonyl (C=O) groups is 2. The molecule has 4 aromatic carbocycles. The molecule has 0 saturated heterocycles. The van der Waals surface area contributed by atoms with Gasteiger partial charge in [0, 0.05) is 18.7 Å². The second-order valence-corrected chi connectivity index (χ2v) is 11.6. The van der Waals surface area contributed by atoms with Crippen LogP contribution < -0.4 is 19.5 Å². The summed E-state index contributed by atoms with van der Waals surface area (Å²) in [6.45, 7) is 1.80. The highest BCUT2D eigenvalue weighted by Gasteiger charge is 2.30. The monoisotopic (exact) mass is 636 g/mol. The van der Waals surface area contributed by atoms with Gasteiger partial charge in [0.15, 0.2) is 11.5 Å². The smallest absolute Gasteiger partial charge is 0.337 e. The van der Waals surface area contributed by atoms with E-state index in [9.17, 15) is 18.0 Å². The summed E-state index contributed by atoms with van der Waals surface area (Å²) in [7, 11) is -0.356. The van der Waals surface area contributed by atoms with Crippen LogP contribution in [0.2, 0.25) is 0 Å². The number of amides is 1. The molecule has 12 heteroatoms. The molecule has 0 aliphatic carbocycles. The number of nitrogens with one attached hydrogen (secondary N) is 1. The van der Waals surface area contributed by atoms with Gasteiger partial charge in [0.2, 0.25) is 10.0 Å². The normalized spacial score (nSPS) is 11.2. The lowest BCUT2D eigenvalue weighted by molar-refractivity contribution is 0.0600. The Morgan fingerprint density at radius 3 is 2.09 bits per heavy atom. The van der Waals surface area contributed by atoms with Crippen molar-refractivity contribution in [1.29, 1.82) is 0 Å². The fourth-order valence-electron chi connectivity index (χ4n) is 4.50. The minimum absolute atomic E-state index is 0.0743. The predicted octanol–water partition coefficient (Wildman–Crippen LogP) is 5.67. The van der Waals surface area contributed by atoms with E-state index in [0.717, 1.165) is 16.4 Å². The molecule has 10 nitrogen and oxygen atoms in total. The van der Waals surface area contributed by atoms with E-state index in [0.29, 0.717) is 40.7 Å². The topological polar surface area (TPSA) is 120 Å². The lowest BCUT2D eigenvalue weighted by Crippen LogP contribution is -2.31. The third-order valence-corrected chi connectivity index (χ3v) is 8.59. The molecule has 4 rings (SSSR count). The Kier molecular flexibility index (Phi) is 10.8. The van der Waals surface area contributed by atoms with Crippen molar-refractivity contribution in [2.24, 2.45) is 0 Å². The van der Waals surface area contributed by atoms with Gasteiger partial charge >= 0.3 is 5.97 Å². The zero-order valence-electron chi connectivity index (χ0n) is 25.2. The first-order valence-electron chi connectivity index (χ1n) is 13.8. The van der Waals surface area contributed by atoms with E-state index in [1.54, 1.807) is 61.5 Å². The molecule has 0 aliphatic heterocycles. The number of benzene rings is 4. The number of para-hydroxylation sites is 2. The van der Waals surface area contributed by atoms with Crippen molar-refractivity contribution >= 4 is 27.6 Å². The number of rotatable bonds is 13. The zero-order chi connectivity index (χ0) is 32.6. The lowest BCUT2D eigenvalue weighted by Gasteiger charge is -2.24. The number of hydrogen-bond donors (Lipinski definition) is 1. The van der Waals surface area contributed by atoms with Crippen molar-refractivity contribution in [2.45, 2.75) is 24.9 Å². The maximum Gasteiger partial charge on any atom is 0.337 e. The van der Waals surface area contributed by atoms with E-state index in [4.69, 9.17) is 18.9 Å².